The number of para-hydroxylation sites is 1. The van der Waals surface area contributed by atoms with Crippen LogP contribution in [0.5, 0.6) is 0 Å². The van der Waals surface area contributed by atoms with Crippen molar-refractivity contribution in [2.75, 3.05) is 10.2 Å². The van der Waals surface area contributed by atoms with E-state index >= 15 is 0 Å². The molecule has 0 radical (unpaired) electrons. The predicted octanol–water partition coefficient (Wildman–Crippen LogP) is 7.27. The van der Waals surface area contributed by atoms with Gasteiger partial charge in [-0.25, -0.2) is 0 Å². The highest BCUT2D eigenvalue weighted by Crippen LogP contribution is 2.59. The lowest BCUT2D eigenvalue weighted by Gasteiger charge is -2.40. The van der Waals surface area contributed by atoms with Crippen LogP contribution in [0.4, 0.5) is 11.4 Å². The van der Waals surface area contributed by atoms with Gasteiger partial charge in [0.15, 0.2) is 11.6 Å². The summed E-state index contributed by atoms with van der Waals surface area (Å²) in [6.45, 7) is 9.77. The Morgan fingerprint density at radius 1 is 1.02 bits per heavy atom. The number of ketones is 2. The molecule has 6 rings (SSSR count). The van der Waals surface area contributed by atoms with Crippen molar-refractivity contribution < 1.29 is 14.4 Å². The molecule has 0 saturated carbocycles. The molecule has 4 atom stereocenters. The lowest BCUT2D eigenvalue weighted by atomic mass is 9.63. The van der Waals surface area contributed by atoms with Crippen LogP contribution in [-0.4, -0.2) is 29.6 Å². The van der Waals surface area contributed by atoms with Crippen LogP contribution in [0.15, 0.2) is 72.8 Å². The second-order valence-electron chi connectivity index (χ2n) is 12.6. The summed E-state index contributed by atoms with van der Waals surface area (Å²) < 4.78 is 0. The second-order valence-corrected chi connectivity index (χ2v) is 13.0. The SMILES string of the molecule is CCCc1ccc(C(=O)[C@@H]2[C@H](C(=O)C(C)(C)C)N3c4ccc(Cl)cc4C(C)=C[C@@H]3[C@@]23C(=O)Nc2ccccc23)cc1. The van der Waals surface area contributed by atoms with Gasteiger partial charge in [0.1, 0.15) is 11.5 Å². The molecule has 0 aromatic heterocycles. The number of anilines is 2. The molecular weight excluding hydrogens is 532 g/mol. The zero-order chi connectivity index (χ0) is 29.3. The van der Waals surface area contributed by atoms with E-state index in [0.717, 1.165) is 40.8 Å². The van der Waals surface area contributed by atoms with Crippen molar-refractivity contribution in [3.8, 4) is 0 Å². The first kappa shape index (κ1) is 27.5. The maximum atomic E-state index is 14.9. The van der Waals surface area contributed by atoms with Crippen LogP contribution in [-0.2, 0) is 21.4 Å². The van der Waals surface area contributed by atoms with Gasteiger partial charge < -0.3 is 10.2 Å². The lowest BCUT2D eigenvalue weighted by Crippen LogP contribution is -2.51. The molecule has 0 unspecified atom stereocenters. The van der Waals surface area contributed by atoms with Gasteiger partial charge in [-0.05, 0) is 54.3 Å². The first-order valence-electron chi connectivity index (χ1n) is 14.3. The molecule has 6 heteroatoms. The van der Waals surface area contributed by atoms with Crippen molar-refractivity contribution in [1.29, 1.82) is 0 Å². The molecule has 0 aliphatic carbocycles. The quantitative estimate of drug-likeness (QED) is 0.330. The number of amides is 1. The van der Waals surface area contributed by atoms with E-state index in [1.165, 1.54) is 0 Å². The predicted molar refractivity (Wildman–Crippen MR) is 165 cm³/mol. The van der Waals surface area contributed by atoms with Crippen LogP contribution in [0.2, 0.25) is 5.02 Å². The van der Waals surface area contributed by atoms with Gasteiger partial charge in [-0.15, -0.1) is 0 Å². The van der Waals surface area contributed by atoms with Crippen molar-refractivity contribution in [1.82, 2.24) is 0 Å². The first-order valence-corrected chi connectivity index (χ1v) is 14.7. The zero-order valence-corrected chi connectivity index (χ0v) is 24.9. The molecule has 210 valence electrons. The normalized spacial score (nSPS) is 24.4. The largest absolute Gasteiger partial charge is 0.352 e. The number of nitrogens with one attached hydrogen (secondary N) is 1. The number of rotatable bonds is 5. The number of allylic oxidation sites excluding steroid dienone is 1. The number of nitrogens with zero attached hydrogens (tertiary/aromatic N) is 1. The number of fused-ring (bicyclic) bond motifs is 6. The molecule has 1 amide bonds. The summed E-state index contributed by atoms with van der Waals surface area (Å²) in [5.74, 6) is -1.48. The minimum Gasteiger partial charge on any atom is -0.352 e. The van der Waals surface area contributed by atoms with Gasteiger partial charge in [-0.2, -0.15) is 0 Å². The minimum absolute atomic E-state index is 0.0774. The van der Waals surface area contributed by atoms with Crippen LogP contribution in [0.1, 0.15) is 68.1 Å². The van der Waals surface area contributed by atoms with Gasteiger partial charge in [0.25, 0.3) is 0 Å². The van der Waals surface area contributed by atoms with Gasteiger partial charge >= 0.3 is 0 Å². The Labute approximate surface area is 246 Å². The second kappa shape index (κ2) is 9.70. The smallest absolute Gasteiger partial charge is 0.238 e. The topological polar surface area (TPSA) is 66.5 Å². The Kier molecular flexibility index (Phi) is 6.50. The summed E-state index contributed by atoms with van der Waals surface area (Å²) >= 11 is 6.43. The van der Waals surface area contributed by atoms with E-state index in [9.17, 15) is 14.4 Å². The van der Waals surface area contributed by atoms with Gasteiger partial charge in [0.05, 0.1) is 12.0 Å². The molecule has 1 N–H and O–H groups in total. The van der Waals surface area contributed by atoms with Gasteiger partial charge in [-0.3, -0.25) is 14.4 Å². The fourth-order valence-electron chi connectivity index (χ4n) is 7.15. The molecule has 5 nitrogen and oxygen atoms in total. The third-order valence-corrected chi connectivity index (χ3v) is 9.24. The van der Waals surface area contributed by atoms with E-state index in [1.54, 1.807) is 0 Å². The van der Waals surface area contributed by atoms with E-state index in [4.69, 9.17) is 11.6 Å². The highest BCUT2D eigenvalue weighted by atomic mass is 35.5. The Morgan fingerprint density at radius 3 is 2.41 bits per heavy atom. The summed E-state index contributed by atoms with van der Waals surface area (Å²) in [6.07, 6.45) is 3.98. The van der Waals surface area contributed by atoms with E-state index in [2.05, 4.69) is 18.3 Å². The standard InChI is InChI=1S/C35H35ClN2O3/c1-6-9-21-12-14-22(15-13-21)31(39)29-30(32(40)34(3,4)5)38-27-17-16-23(36)19-24(27)20(2)18-28(38)35(29)25-10-7-8-11-26(25)37-33(35)41/h7-8,10-19,28-30H,6,9H2,1-5H3,(H,37,41)/t28-,29+,30-,35-/m1/s1. The number of halogens is 1. The third-order valence-electron chi connectivity index (χ3n) is 9.01. The molecule has 41 heavy (non-hydrogen) atoms. The number of benzene rings is 3. The Hall–Kier alpha value is -3.70. The van der Waals surface area contributed by atoms with E-state index < -0.39 is 28.8 Å². The number of hydrogen-bond donors (Lipinski definition) is 1. The van der Waals surface area contributed by atoms with Crippen molar-refractivity contribution >= 4 is 46.0 Å². The van der Waals surface area contributed by atoms with Crippen molar-refractivity contribution in [3.05, 3.63) is 100 Å². The van der Waals surface area contributed by atoms with Crippen molar-refractivity contribution in [2.45, 2.75) is 65.0 Å². The number of Topliss-reactive ketones (excluding diaryl/α,β-unsaturated/α-hetero) is 2. The van der Waals surface area contributed by atoms with Crippen LogP contribution in [0, 0.1) is 11.3 Å². The Bertz CT molecular complexity index is 1620. The van der Waals surface area contributed by atoms with Crippen LogP contribution >= 0.6 is 11.6 Å². The summed E-state index contributed by atoms with van der Waals surface area (Å²) in [6, 6.07) is 19.5. The average Bonchev–Trinajstić information content (AvgIpc) is 3.40. The molecular formula is C35H35ClN2O3. The summed E-state index contributed by atoms with van der Waals surface area (Å²) in [5.41, 5.74) is 3.71. The van der Waals surface area contributed by atoms with E-state index in [1.807, 2.05) is 99.3 Å². The van der Waals surface area contributed by atoms with Crippen molar-refractivity contribution in [2.24, 2.45) is 11.3 Å². The minimum atomic E-state index is -1.31. The van der Waals surface area contributed by atoms with E-state index in [0.29, 0.717) is 16.3 Å². The molecule has 1 saturated heterocycles. The van der Waals surface area contributed by atoms with E-state index in [-0.39, 0.29) is 17.5 Å². The maximum Gasteiger partial charge on any atom is 0.238 e. The summed E-state index contributed by atoms with van der Waals surface area (Å²) in [4.78, 5) is 45.9. The number of carbonyl (C=O) groups excluding carboxylic acids is 3. The monoisotopic (exact) mass is 566 g/mol. The highest BCUT2D eigenvalue weighted by molar-refractivity contribution is 6.31. The van der Waals surface area contributed by atoms with Crippen LogP contribution in [0.3, 0.4) is 0 Å². The molecule has 3 aromatic rings. The van der Waals surface area contributed by atoms with Gasteiger partial charge in [0.2, 0.25) is 5.91 Å². The van der Waals surface area contributed by atoms with Crippen LogP contribution in [0.25, 0.3) is 5.57 Å². The Morgan fingerprint density at radius 2 is 1.73 bits per heavy atom. The number of aryl methyl sites for hydroxylation is 1. The summed E-state index contributed by atoms with van der Waals surface area (Å²) in [7, 11) is 0. The molecule has 1 spiro atoms. The Balaban J connectivity index is 1.66. The molecule has 1 fully saturated rings. The summed E-state index contributed by atoms with van der Waals surface area (Å²) in [5, 5.41) is 3.68. The molecule has 3 aliphatic heterocycles. The lowest BCUT2D eigenvalue weighted by molar-refractivity contribution is -0.128. The maximum absolute atomic E-state index is 14.9. The number of carbonyl (C=O) groups is 3. The van der Waals surface area contributed by atoms with Crippen molar-refractivity contribution in [3.63, 3.8) is 0 Å². The van der Waals surface area contributed by atoms with Gasteiger partial charge in [0, 0.05) is 32.9 Å². The third kappa shape index (κ3) is 4.00. The molecule has 3 aromatic carbocycles. The fourth-order valence-corrected chi connectivity index (χ4v) is 7.32. The first-order chi connectivity index (χ1) is 19.5. The van der Waals surface area contributed by atoms with Crippen LogP contribution < -0.4 is 10.2 Å². The average molecular weight is 567 g/mol. The fraction of sp³-hybridized carbons (Fsp3) is 0.343. The zero-order valence-electron chi connectivity index (χ0n) is 24.1. The molecule has 3 aliphatic rings. The number of hydrogen-bond acceptors (Lipinski definition) is 4. The molecule has 3 heterocycles. The highest BCUT2D eigenvalue weighted by Gasteiger charge is 2.71. The molecule has 0 bridgehead atoms. The van der Waals surface area contributed by atoms with Gasteiger partial charge in [-0.1, -0.05) is 94.3 Å².